The van der Waals surface area contributed by atoms with Gasteiger partial charge in [-0.25, -0.2) is 4.79 Å². The number of hydrogen-bond acceptors (Lipinski definition) is 6. The number of aromatic nitrogens is 1. The third-order valence-electron chi connectivity index (χ3n) is 5.16. The average Bonchev–Trinajstić information content (AvgIpc) is 2.84. The van der Waals surface area contributed by atoms with Crippen LogP contribution in [0.2, 0.25) is 0 Å². The molecule has 1 atom stereocenters. The van der Waals surface area contributed by atoms with Crippen molar-refractivity contribution in [3.05, 3.63) is 76.7 Å². The zero-order valence-electron chi connectivity index (χ0n) is 19.2. The summed E-state index contributed by atoms with van der Waals surface area (Å²) in [6.45, 7) is 1.90. The molecule has 0 bridgehead atoms. The van der Waals surface area contributed by atoms with Gasteiger partial charge in [-0.3, -0.25) is 9.59 Å². The second-order valence-corrected chi connectivity index (χ2v) is 7.51. The molecule has 3 N–H and O–H groups in total. The van der Waals surface area contributed by atoms with Gasteiger partial charge in [-0.15, -0.1) is 0 Å². The Bertz CT molecular complexity index is 1240. The number of hydrogen-bond donors (Lipinski definition) is 3. The van der Waals surface area contributed by atoms with E-state index in [1.54, 1.807) is 20.1 Å². The number of amides is 2. The number of nitrogens with one attached hydrogen (secondary N) is 2. The third kappa shape index (κ3) is 5.94. The smallest absolute Gasteiger partial charge is 0.319 e. The first-order valence-electron chi connectivity index (χ1n) is 10.7. The van der Waals surface area contributed by atoms with Gasteiger partial charge in [0.25, 0.3) is 5.56 Å². The predicted molar refractivity (Wildman–Crippen MR) is 128 cm³/mol. The van der Waals surface area contributed by atoms with E-state index in [1.165, 1.54) is 23.9 Å². The van der Waals surface area contributed by atoms with Crippen molar-refractivity contribution in [2.75, 3.05) is 19.0 Å². The van der Waals surface area contributed by atoms with Gasteiger partial charge in [-0.05, 0) is 47.9 Å². The van der Waals surface area contributed by atoms with Crippen LogP contribution in [0.1, 0.15) is 24.9 Å². The van der Waals surface area contributed by atoms with Crippen LogP contribution in [0.4, 0.5) is 10.5 Å². The number of carbonyl (C=O) groups excluding carboxylic acids is 2. The molecule has 2 amide bonds. The molecule has 0 spiro atoms. The Hall–Kier alpha value is -4.27. The van der Waals surface area contributed by atoms with E-state index < -0.39 is 23.6 Å². The Balaban J connectivity index is 1.89. The fourth-order valence-electron chi connectivity index (χ4n) is 3.42. The highest BCUT2D eigenvalue weighted by Gasteiger charge is 2.21. The van der Waals surface area contributed by atoms with Crippen LogP contribution in [0, 0.1) is 0 Å². The summed E-state index contributed by atoms with van der Waals surface area (Å²) in [5, 5.41) is 15.1. The van der Waals surface area contributed by atoms with Gasteiger partial charge in [0.15, 0.2) is 5.69 Å². The molecule has 2 aromatic carbocycles. The molecule has 0 aliphatic heterocycles. The second-order valence-electron chi connectivity index (χ2n) is 7.51. The lowest BCUT2D eigenvalue weighted by molar-refractivity contribution is -0.143. The van der Waals surface area contributed by atoms with Gasteiger partial charge < -0.3 is 29.8 Å². The number of carbonyl (C=O) groups is 2. The molecule has 0 unspecified atom stereocenters. The maximum Gasteiger partial charge on any atom is 0.319 e. The molecule has 3 aromatic rings. The third-order valence-corrected chi connectivity index (χ3v) is 5.16. The van der Waals surface area contributed by atoms with Crippen molar-refractivity contribution < 1.29 is 24.2 Å². The first-order chi connectivity index (χ1) is 16.3. The molecular weight excluding hydrogens is 438 g/mol. The average molecular weight is 466 g/mol. The number of methoxy groups -OCH3 is 1. The van der Waals surface area contributed by atoms with Crippen LogP contribution in [0.5, 0.6) is 11.5 Å². The summed E-state index contributed by atoms with van der Waals surface area (Å²) < 4.78 is 11.6. The zero-order chi connectivity index (χ0) is 24.7. The number of ether oxygens (including phenoxy) is 2. The Labute approximate surface area is 197 Å². The van der Waals surface area contributed by atoms with E-state index in [0.717, 1.165) is 11.1 Å². The molecule has 0 aliphatic carbocycles. The summed E-state index contributed by atoms with van der Waals surface area (Å²) in [7, 11) is 3.09. The van der Waals surface area contributed by atoms with Gasteiger partial charge in [0.1, 0.15) is 11.5 Å². The number of anilines is 1. The predicted octanol–water partition coefficient (Wildman–Crippen LogP) is 3.58. The molecule has 0 saturated heterocycles. The second kappa shape index (κ2) is 11.0. The van der Waals surface area contributed by atoms with Gasteiger partial charge in [0.05, 0.1) is 26.2 Å². The monoisotopic (exact) mass is 465 g/mol. The highest BCUT2D eigenvalue weighted by atomic mass is 16.5. The summed E-state index contributed by atoms with van der Waals surface area (Å²) in [5.74, 6) is -0.147. The number of aromatic hydroxyl groups is 1. The minimum Gasteiger partial charge on any atom is -0.505 e. The van der Waals surface area contributed by atoms with Crippen LogP contribution in [0.15, 0.2) is 65.6 Å². The van der Waals surface area contributed by atoms with Crippen LogP contribution in [0.3, 0.4) is 0 Å². The molecule has 34 heavy (non-hydrogen) atoms. The van der Waals surface area contributed by atoms with Gasteiger partial charge in [-0.2, -0.15) is 0 Å². The van der Waals surface area contributed by atoms with E-state index in [1.807, 2.05) is 42.5 Å². The Morgan fingerprint density at radius 1 is 1.09 bits per heavy atom. The molecule has 0 fully saturated rings. The number of esters is 1. The Morgan fingerprint density at radius 3 is 2.50 bits per heavy atom. The molecule has 0 radical (unpaired) electrons. The first kappa shape index (κ1) is 24.4. The van der Waals surface area contributed by atoms with Crippen molar-refractivity contribution in [1.82, 2.24) is 9.88 Å². The van der Waals surface area contributed by atoms with E-state index in [9.17, 15) is 19.5 Å². The molecule has 0 saturated carbocycles. The summed E-state index contributed by atoms with van der Waals surface area (Å²) >= 11 is 0. The number of benzene rings is 2. The van der Waals surface area contributed by atoms with Crippen molar-refractivity contribution >= 4 is 17.7 Å². The van der Waals surface area contributed by atoms with E-state index in [2.05, 4.69) is 10.6 Å². The van der Waals surface area contributed by atoms with Gasteiger partial charge in [0.2, 0.25) is 0 Å². The fraction of sp³-hybridized carbons (Fsp3) is 0.240. The minimum atomic E-state index is -0.751. The minimum absolute atomic E-state index is 0.123. The molecule has 0 aliphatic rings. The molecule has 1 heterocycles. The van der Waals surface area contributed by atoms with Crippen molar-refractivity contribution in [3.8, 4) is 22.6 Å². The maximum absolute atomic E-state index is 12.7. The van der Waals surface area contributed by atoms with Crippen molar-refractivity contribution in [1.29, 1.82) is 0 Å². The van der Waals surface area contributed by atoms with E-state index in [4.69, 9.17) is 9.47 Å². The molecule has 3 rings (SSSR count). The Morgan fingerprint density at radius 2 is 1.79 bits per heavy atom. The largest absolute Gasteiger partial charge is 0.505 e. The lowest BCUT2D eigenvalue weighted by Gasteiger charge is -2.20. The maximum atomic E-state index is 12.7. The molecular formula is C25H27N3O6. The first-order valence-corrected chi connectivity index (χ1v) is 10.7. The number of urea groups is 1. The molecule has 178 valence electrons. The van der Waals surface area contributed by atoms with Gasteiger partial charge in [0, 0.05) is 13.2 Å². The molecule has 9 nitrogen and oxygen atoms in total. The van der Waals surface area contributed by atoms with Crippen LogP contribution >= 0.6 is 0 Å². The Kier molecular flexibility index (Phi) is 7.92. The lowest BCUT2D eigenvalue weighted by Crippen LogP contribution is -2.36. The quantitative estimate of drug-likeness (QED) is 0.438. The van der Waals surface area contributed by atoms with E-state index in [-0.39, 0.29) is 24.5 Å². The van der Waals surface area contributed by atoms with Crippen LogP contribution < -0.4 is 20.9 Å². The number of pyridine rings is 1. The van der Waals surface area contributed by atoms with Crippen LogP contribution in [-0.2, 0) is 16.6 Å². The number of nitrogens with zero attached hydrogens (tertiary/aromatic N) is 1. The van der Waals surface area contributed by atoms with Crippen LogP contribution in [-0.4, -0.2) is 35.4 Å². The van der Waals surface area contributed by atoms with E-state index >= 15 is 0 Å². The highest BCUT2D eigenvalue weighted by molar-refractivity contribution is 5.91. The normalized spacial score (nSPS) is 11.4. The number of aryl methyl sites for hydroxylation is 1. The molecule has 9 heteroatoms. The van der Waals surface area contributed by atoms with Gasteiger partial charge >= 0.3 is 12.0 Å². The van der Waals surface area contributed by atoms with Gasteiger partial charge in [-0.1, -0.05) is 30.3 Å². The summed E-state index contributed by atoms with van der Waals surface area (Å²) in [5.41, 5.74) is 1.59. The van der Waals surface area contributed by atoms with Crippen LogP contribution in [0.25, 0.3) is 11.1 Å². The van der Waals surface area contributed by atoms with Crippen molar-refractivity contribution in [2.24, 2.45) is 7.05 Å². The lowest BCUT2D eigenvalue weighted by atomic mass is 9.97. The standard InChI is InChI=1S/C25H27N3O6/c1-4-34-22(30)15-20(26-25(32)27-23-21(29)11-12-28(2)24(23)31)18-9-5-7-16(13-18)17-8-6-10-19(14-17)33-3/h5-14,20,29H,4,15H2,1-3H3,(H2,26,27,32)/t20-/m0/s1. The SMILES string of the molecule is CCOC(=O)C[C@H](NC(=O)Nc1c(O)ccn(C)c1=O)c1cccc(-c2cccc(OC)c2)c1. The summed E-state index contributed by atoms with van der Waals surface area (Å²) in [6, 6.07) is 14.7. The fourth-order valence-corrected chi connectivity index (χ4v) is 3.42. The zero-order valence-corrected chi connectivity index (χ0v) is 19.2. The highest BCUT2D eigenvalue weighted by Crippen LogP contribution is 2.28. The summed E-state index contributed by atoms with van der Waals surface area (Å²) in [6.07, 6.45) is 1.26. The van der Waals surface area contributed by atoms with Crippen molar-refractivity contribution in [2.45, 2.75) is 19.4 Å². The summed E-state index contributed by atoms with van der Waals surface area (Å²) in [4.78, 5) is 37.3. The topological polar surface area (TPSA) is 119 Å². The van der Waals surface area contributed by atoms with Crippen molar-refractivity contribution in [3.63, 3.8) is 0 Å². The number of rotatable bonds is 8. The van der Waals surface area contributed by atoms with E-state index in [0.29, 0.717) is 11.3 Å². The molecule has 1 aromatic heterocycles.